The van der Waals surface area contributed by atoms with E-state index in [0.29, 0.717) is 11.3 Å². The number of benzene rings is 3. The Morgan fingerprint density at radius 1 is 1.00 bits per heavy atom. The fourth-order valence-corrected chi connectivity index (χ4v) is 4.45. The second-order valence-electron chi connectivity index (χ2n) is 7.94. The molecule has 0 aromatic heterocycles. The summed E-state index contributed by atoms with van der Waals surface area (Å²) in [4.78, 5) is 49.2. The number of nitrogens with zero attached hydrogens (tertiary/aromatic N) is 2. The maximum atomic E-state index is 12.8. The molecule has 0 unspecified atom stereocenters. The lowest BCUT2D eigenvalue weighted by molar-refractivity contribution is -0.385. The average molecular weight is 551 g/mol. The molecule has 0 bridgehead atoms. The van der Waals surface area contributed by atoms with Gasteiger partial charge in [0.1, 0.15) is 12.4 Å². The van der Waals surface area contributed by atoms with Crippen LogP contribution in [0.1, 0.15) is 15.9 Å². The number of esters is 1. The third-order valence-electron chi connectivity index (χ3n) is 5.48. The van der Waals surface area contributed by atoms with E-state index in [2.05, 4.69) is 4.74 Å². The quantitative estimate of drug-likeness (QED) is 0.142. The van der Waals surface area contributed by atoms with Crippen molar-refractivity contribution >= 4 is 40.6 Å². The topological polar surface area (TPSA) is 135 Å². The first-order chi connectivity index (χ1) is 18.8. The summed E-state index contributed by atoms with van der Waals surface area (Å²) in [6.07, 6.45) is 1.54. The molecular formula is C27H22N2O9S. The number of para-hydroxylation sites is 1. The largest absolute Gasteiger partial charge is 0.493 e. The predicted octanol–water partition coefficient (Wildman–Crippen LogP) is 5.30. The number of amides is 2. The van der Waals surface area contributed by atoms with Gasteiger partial charge < -0.3 is 18.9 Å². The number of carbonyl (C=O) groups is 3. The highest BCUT2D eigenvalue weighted by atomic mass is 32.2. The minimum Gasteiger partial charge on any atom is -0.493 e. The van der Waals surface area contributed by atoms with Gasteiger partial charge in [-0.2, -0.15) is 0 Å². The molecule has 12 heteroatoms. The van der Waals surface area contributed by atoms with E-state index in [4.69, 9.17) is 14.2 Å². The number of nitro benzene ring substituents is 1. The molecular weight excluding hydrogens is 528 g/mol. The Morgan fingerprint density at radius 3 is 2.44 bits per heavy atom. The lowest BCUT2D eigenvalue weighted by Gasteiger charge is -2.13. The third-order valence-corrected chi connectivity index (χ3v) is 6.39. The zero-order valence-electron chi connectivity index (χ0n) is 20.8. The second-order valence-corrected chi connectivity index (χ2v) is 8.93. The van der Waals surface area contributed by atoms with Crippen molar-refractivity contribution in [2.45, 2.75) is 0 Å². The average Bonchev–Trinajstić information content (AvgIpc) is 3.21. The minimum absolute atomic E-state index is 0.000521. The van der Waals surface area contributed by atoms with Gasteiger partial charge in [-0.05, 0) is 59.8 Å². The van der Waals surface area contributed by atoms with E-state index in [9.17, 15) is 24.5 Å². The Hall–Kier alpha value is -4.84. The molecule has 1 aliphatic rings. The normalized spacial score (nSPS) is 13.9. The van der Waals surface area contributed by atoms with Gasteiger partial charge in [-0.15, -0.1) is 0 Å². The van der Waals surface area contributed by atoms with E-state index in [-0.39, 0.29) is 40.9 Å². The highest BCUT2D eigenvalue weighted by Crippen LogP contribution is 2.39. The lowest BCUT2D eigenvalue weighted by atomic mass is 10.1. The van der Waals surface area contributed by atoms with Gasteiger partial charge in [-0.1, -0.05) is 24.3 Å². The van der Waals surface area contributed by atoms with Crippen LogP contribution >= 0.6 is 11.8 Å². The molecule has 200 valence electrons. The summed E-state index contributed by atoms with van der Waals surface area (Å²) >= 11 is 0.812. The predicted molar refractivity (Wildman–Crippen MR) is 142 cm³/mol. The molecule has 0 spiro atoms. The van der Waals surface area contributed by atoms with Crippen LogP contribution in [0.4, 0.5) is 10.5 Å². The second kappa shape index (κ2) is 12.1. The summed E-state index contributed by atoms with van der Waals surface area (Å²) in [5.74, 6) is -0.251. The summed E-state index contributed by atoms with van der Waals surface area (Å²) in [5, 5.41) is 11.2. The van der Waals surface area contributed by atoms with E-state index in [0.717, 1.165) is 22.7 Å². The summed E-state index contributed by atoms with van der Waals surface area (Å²) < 4.78 is 21.3. The first kappa shape index (κ1) is 27.2. The molecule has 0 saturated carbocycles. The number of hydrogen-bond donors (Lipinski definition) is 0. The van der Waals surface area contributed by atoms with Crippen molar-refractivity contribution in [2.75, 3.05) is 27.4 Å². The molecule has 0 radical (unpaired) electrons. The van der Waals surface area contributed by atoms with Gasteiger partial charge in [0.15, 0.2) is 11.5 Å². The van der Waals surface area contributed by atoms with Crippen LogP contribution in [-0.4, -0.2) is 54.3 Å². The van der Waals surface area contributed by atoms with Crippen LogP contribution in [0.3, 0.4) is 0 Å². The van der Waals surface area contributed by atoms with Crippen LogP contribution in [0.15, 0.2) is 71.6 Å². The van der Waals surface area contributed by atoms with Gasteiger partial charge in [0.2, 0.25) is 5.75 Å². The summed E-state index contributed by atoms with van der Waals surface area (Å²) in [6.45, 7) is 0.252. The number of carbonyl (C=O) groups excluding carboxylic acids is 3. The van der Waals surface area contributed by atoms with Crippen LogP contribution in [0.2, 0.25) is 0 Å². The number of rotatable bonds is 10. The fourth-order valence-electron chi connectivity index (χ4n) is 3.58. The molecule has 3 aromatic rings. The van der Waals surface area contributed by atoms with Crippen molar-refractivity contribution in [3.8, 4) is 23.0 Å². The van der Waals surface area contributed by atoms with Crippen molar-refractivity contribution in [1.82, 2.24) is 4.90 Å². The van der Waals surface area contributed by atoms with Crippen molar-refractivity contribution in [3.63, 3.8) is 0 Å². The number of methoxy groups -OCH3 is 2. The molecule has 4 rings (SSSR count). The molecule has 0 aliphatic carbocycles. The molecule has 11 nitrogen and oxygen atoms in total. The van der Waals surface area contributed by atoms with Gasteiger partial charge >= 0.3 is 11.7 Å². The highest BCUT2D eigenvalue weighted by molar-refractivity contribution is 8.18. The van der Waals surface area contributed by atoms with Crippen molar-refractivity contribution in [1.29, 1.82) is 0 Å². The Kier molecular flexibility index (Phi) is 8.46. The Morgan fingerprint density at radius 2 is 1.74 bits per heavy atom. The molecule has 3 aromatic carbocycles. The van der Waals surface area contributed by atoms with Crippen molar-refractivity contribution < 1.29 is 38.3 Å². The molecule has 1 heterocycles. The number of hydrogen-bond acceptors (Lipinski definition) is 10. The molecule has 2 amide bonds. The molecule has 1 fully saturated rings. The van der Waals surface area contributed by atoms with Crippen LogP contribution in [0, 0.1) is 10.1 Å². The number of thioether (sulfide) groups is 1. The first-order valence-corrected chi connectivity index (χ1v) is 12.3. The first-order valence-electron chi connectivity index (χ1n) is 11.5. The minimum atomic E-state index is -0.722. The van der Waals surface area contributed by atoms with E-state index in [1.165, 1.54) is 32.4 Å². The molecule has 0 atom stereocenters. The fraction of sp³-hybridized carbons (Fsp3) is 0.148. The Balaban J connectivity index is 1.49. The summed E-state index contributed by atoms with van der Waals surface area (Å²) in [5.41, 5.74) is 0.106. The molecule has 1 aliphatic heterocycles. The van der Waals surface area contributed by atoms with Gasteiger partial charge in [0.25, 0.3) is 11.1 Å². The summed E-state index contributed by atoms with van der Waals surface area (Å²) in [7, 11) is 2.56. The van der Waals surface area contributed by atoms with Crippen molar-refractivity contribution in [3.05, 3.63) is 92.9 Å². The Bertz CT molecular complexity index is 1460. The van der Waals surface area contributed by atoms with Gasteiger partial charge in [0.05, 0.1) is 36.2 Å². The van der Waals surface area contributed by atoms with Crippen molar-refractivity contribution in [2.24, 2.45) is 0 Å². The van der Waals surface area contributed by atoms with Gasteiger partial charge in [0, 0.05) is 6.07 Å². The van der Waals surface area contributed by atoms with E-state index in [1.54, 1.807) is 30.3 Å². The van der Waals surface area contributed by atoms with Gasteiger partial charge in [-0.3, -0.25) is 24.6 Å². The zero-order chi connectivity index (χ0) is 27.9. The maximum Gasteiger partial charge on any atom is 0.338 e. The van der Waals surface area contributed by atoms with E-state index < -0.39 is 27.7 Å². The monoisotopic (exact) mass is 550 g/mol. The maximum absolute atomic E-state index is 12.8. The van der Waals surface area contributed by atoms with E-state index in [1.807, 2.05) is 18.2 Å². The standard InChI is InChI=1S/C27H22N2O9S/c1-35-23-14-17(8-10-22(23)38-21-11-9-18(26(31)36-2)16-20(21)29(33)34)15-24-25(30)28(27(32)39-24)12-13-37-19-6-4-3-5-7-19/h3-11,14-16H,12-13H2,1-2H3/b24-15-. The molecule has 1 saturated heterocycles. The third kappa shape index (κ3) is 6.36. The number of ether oxygens (including phenoxy) is 4. The summed E-state index contributed by atoms with van der Waals surface area (Å²) in [6, 6.07) is 17.4. The lowest BCUT2D eigenvalue weighted by Crippen LogP contribution is -2.32. The SMILES string of the molecule is COC(=O)c1ccc(Oc2ccc(/C=C3\SC(=O)N(CCOc4ccccc4)C3=O)cc2OC)c([N+](=O)[O-])c1. The van der Waals surface area contributed by atoms with Crippen LogP contribution in [0.5, 0.6) is 23.0 Å². The van der Waals surface area contributed by atoms with Crippen LogP contribution in [-0.2, 0) is 9.53 Å². The highest BCUT2D eigenvalue weighted by Gasteiger charge is 2.35. The Labute approximate surface area is 227 Å². The molecule has 39 heavy (non-hydrogen) atoms. The number of imide groups is 1. The molecule has 0 N–H and O–H groups in total. The zero-order valence-corrected chi connectivity index (χ0v) is 21.6. The van der Waals surface area contributed by atoms with Crippen LogP contribution in [0.25, 0.3) is 6.08 Å². The van der Waals surface area contributed by atoms with E-state index >= 15 is 0 Å². The smallest absolute Gasteiger partial charge is 0.338 e. The van der Waals surface area contributed by atoms with Gasteiger partial charge in [-0.25, -0.2) is 4.79 Å². The van der Waals surface area contributed by atoms with Crippen LogP contribution < -0.4 is 14.2 Å². The number of nitro groups is 1.